The largest absolute Gasteiger partial charge is 0.314 e. The fourth-order valence-electron chi connectivity index (χ4n) is 1.62. The number of hydrogen-bond acceptors (Lipinski definition) is 5. The van der Waals surface area contributed by atoms with E-state index in [9.17, 15) is 0 Å². The van der Waals surface area contributed by atoms with Crippen LogP contribution in [0.4, 0.5) is 0 Å². The summed E-state index contributed by atoms with van der Waals surface area (Å²) in [7, 11) is 0. The van der Waals surface area contributed by atoms with Crippen molar-refractivity contribution in [3.63, 3.8) is 0 Å². The van der Waals surface area contributed by atoms with Gasteiger partial charge in [-0.15, -0.1) is 21.5 Å². The van der Waals surface area contributed by atoms with Gasteiger partial charge in [0.15, 0.2) is 0 Å². The molecule has 2 aromatic heterocycles. The maximum atomic E-state index is 4.27. The highest BCUT2D eigenvalue weighted by atomic mass is 79.9. The second-order valence-corrected chi connectivity index (χ2v) is 9.03. The molecule has 0 amide bonds. The highest BCUT2D eigenvalue weighted by Gasteiger charge is 2.20. The minimum atomic E-state index is 0.763. The average Bonchev–Trinajstić information content (AvgIpc) is 2.92. The van der Waals surface area contributed by atoms with Gasteiger partial charge >= 0.3 is 0 Å². The van der Waals surface area contributed by atoms with Crippen LogP contribution in [0.1, 0.15) is 17.8 Å². The average molecular weight is 409 g/mol. The summed E-state index contributed by atoms with van der Waals surface area (Å²) in [6.45, 7) is 1.01. The highest BCUT2D eigenvalue weighted by molar-refractivity contribution is 9.12. The first-order valence-corrected chi connectivity index (χ1v) is 8.95. The van der Waals surface area contributed by atoms with Crippen LogP contribution in [0.5, 0.6) is 0 Å². The third kappa shape index (κ3) is 3.19. The number of thiophene rings is 1. The van der Waals surface area contributed by atoms with Gasteiger partial charge in [-0.2, -0.15) is 0 Å². The molecule has 0 atom stereocenters. The molecule has 1 N–H and O–H groups in total. The van der Waals surface area contributed by atoms with E-state index in [0.717, 1.165) is 42.2 Å². The maximum absolute atomic E-state index is 4.27. The van der Waals surface area contributed by atoms with E-state index in [1.54, 1.807) is 22.7 Å². The molecular formula is C11H11Br2N3S2. The van der Waals surface area contributed by atoms with Gasteiger partial charge in [0.05, 0.1) is 7.57 Å². The molecule has 3 nitrogen and oxygen atoms in total. The summed E-state index contributed by atoms with van der Waals surface area (Å²) in [5.41, 5.74) is 1.13. The van der Waals surface area contributed by atoms with E-state index in [1.807, 2.05) is 0 Å². The van der Waals surface area contributed by atoms with Gasteiger partial charge in [0.1, 0.15) is 10.0 Å². The van der Waals surface area contributed by atoms with Crippen molar-refractivity contribution in [2.75, 3.05) is 6.54 Å². The van der Waals surface area contributed by atoms with Crippen LogP contribution in [-0.4, -0.2) is 22.8 Å². The normalized spacial score (nSPS) is 15.2. The highest BCUT2D eigenvalue weighted by Crippen LogP contribution is 2.39. The van der Waals surface area contributed by atoms with Crippen molar-refractivity contribution in [2.24, 2.45) is 0 Å². The Balaban J connectivity index is 1.66. The lowest BCUT2D eigenvalue weighted by molar-refractivity contribution is 0.677. The molecule has 1 saturated carbocycles. The predicted molar refractivity (Wildman–Crippen MR) is 83.4 cm³/mol. The van der Waals surface area contributed by atoms with Crippen LogP contribution in [0.15, 0.2) is 13.6 Å². The molecule has 1 fully saturated rings. The van der Waals surface area contributed by atoms with Gasteiger partial charge in [0, 0.05) is 24.6 Å². The monoisotopic (exact) mass is 407 g/mol. The van der Waals surface area contributed by atoms with Crippen molar-refractivity contribution in [3.05, 3.63) is 18.6 Å². The number of rotatable bonds is 5. The number of aromatic nitrogens is 2. The molecule has 1 aliphatic rings. The molecule has 2 aromatic rings. The Morgan fingerprint density at radius 2 is 2.11 bits per heavy atom. The number of nitrogens with one attached hydrogen (secondary N) is 1. The van der Waals surface area contributed by atoms with Crippen LogP contribution in [0, 0.1) is 0 Å². The first kappa shape index (κ1) is 13.2. The summed E-state index contributed by atoms with van der Waals surface area (Å²) < 4.78 is 2.21. The van der Waals surface area contributed by atoms with E-state index in [0.29, 0.717) is 0 Å². The smallest absolute Gasteiger partial charge is 0.149 e. The standard InChI is InChI=1S/C11H11Br2N3S2/c12-8-5-7(10(13)17-8)11-16-15-9(18-11)3-4-14-6-1-2-6/h5-6,14H,1-4H2. The van der Waals surface area contributed by atoms with Gasteiger partial charge in [0.2, 0.25) is 0 Å². The minimum absolute atomic E-state index is 0.763. The van der Waals surface area contributed by atoms with Gasteiger partial charge < -0.3 is 5.32 Å². The number of hydrogen-bond donors (Lipinski definition) is 1. The van der Waals surface area contributed by atoms with Crippen LogP contribution in [0.2, 0.25) is 0 Å². The van der Waals surface area contributed by atoms with Crippen LogP contribution in [0.3, 0.4) is 0 Å². The SMILES string of the molecule is Brc1cc(-c2nnc(CCNC3CC3)s2)c(Br)s1. The van der Waals surface area contributed by atoms with Crippen LogP contribution in [-0.2, 0) is 6.42 Å². The molecule has 0 saturated heterocycles. The van der Waals surface area contributed by atoms with E-state index >= 15 is 0 Å². The first-order chi connectivity index (χ1) is 8.72. The molecule has 0 spiro atoms. The Morgan fingerprint density at radius 1 is 1.28 bits per heavy atom. The molecule has 7 heteroatoms. The van der Waals surface area contributed by atoms with E-state index in [1.165, 1.54) is 12.8 Å². The zero-order valence-electron chi connectivity index (χ0n) is 9.45. The van der Waals surface area contributed by atoms with Crippen LogP contribution >= 0.6 is 54.5 Å². The van der Waals surface area contributed by atoms with Crippen molar-refractivity contribution >= 4 is 54.5 Å². The summed E-state index contributed by atoms with van der Waals surface area (Å²) in [6.07, 6.45) is 3.63. The Kier molecular flexibility index (Phi) is 4.15. The van der Waals surface area contributed by atoms with Crippen LogP contribution < -0.4 is 5.32 Å². The zero-order chi connectivity index (χ0) is 12.5. The van der Waals surface area contributed by atoms with Crippen molar-refractivity contribution < 1.29 is 0 Å². The molecule has 3 rings (SSSR count). The number of nitrogens with zero attached hydrogens (tertiary/aromatic N) is 2. The predicted octanol–water partition coefficient (Wildman–Crippen LogP) is 4.09. The molecule has 2 heterocycles. The molecule has 1 aliphatic carbocycles. The third-order valence-corrected chi connectivity index (χ3v) is 6.06. The van der Waals surface area contributed by atoms with E-state index in [4.69, 9.17) is 0 Å². The molecule has 0 unspecified atom stereocenters. The minimum Gasteiger partial charge on any atom is -0.314 e. The van der Waals surface area contributed by atoms with Crippen molar-refractivity contribution in [1.29, 1.82) is 0 Å². The topological polar surface area (TPSA) is 37.8 Å². The lowest BCUT2D eigenvalue weighted by Crippen LogP contribution is -2.19. The summed E-state index contributed by atoms with van der Waals surface area (Å²) >= 11 is 10.4. The second-order valence-electron chi connectivity index (χ2n) is 4.22. The van der Waals surface area contributed by atoms with E-state index in [2.05, 4.69) is 53.4 Å². The summed E-state index contributed by atoms with van der Waals surface area (Å²) in [6, 6.07) is 2.85. The van der Waals surface area contributed by atoms with Gasteiger partial charge in [-0.05, 0) is 50.8 Å². The molecule has 18 heavy (non-hydrogen) atoms. The van der Waals surface area contributed by atoms with Gasteiger partial charge in [-0.3, -0.25) is 0 Å². The molecular weight excluding hydrogens is 398 g/mol. The van der Waals surface area contributed by atoms with Crippen molar-refractivity contribution in [3.8, 4) is 10.6 Å². The number of halogens is 2. The first-order valence-electron chi connectivity index (χ1n) is 5.73. The molecule has 0 radical (unpaired) electrons. The van der Waals surface area contributed by atoms with Gasteiger partial charge in [-0.25, -0.2) is 0 Å². The van der Waals surface area contributed by atoms with Crippen molar-refractivity contribution in [1.82, 2.24) is 15.5 Å². The lowest BCUT2D eigenvalue weighted by atomic mass is 10.4. The lowest BCUT2D eigenvalue weighted by Gasteiger charge is -1.97. The molecule has 96 valence electrons. The van der Waals surface area contributed by atoms with E-state index in [-0.39, 0.29) is 0 Å². The Bertz CT molecular complexity index is 548. The Labute approximate surface area is 130 Å². The molecule has 0 bridgehead atoms. The quantitative estimate of drug-likeness (QED) is 0.809. The van der Waals surface area contributed by atoms with Gasteiger partial charge in [0.25, 0.3) is 0 Å². The van der Waals surface area contributed by atoms with E-state index < -0.39 is 0 Å². The third-order valence-electron chi connectivity index (χ3n) is 2.70. The second kappa shape index (κ2) is 5.66. The zero-order valence-corrected chi connectivity index (χ0v) is 14.3. The maximum Gasteiger partial charge on any atom is 0.149 e. The summed E-state index contributed by atoms with van der Waals surface area (Å²) in [4.78, 5) is 0. The summed E-state index contributed by atoms with van der Waals surface area (Å²) in [5, 5.41) is 14.1. The molecule has 0 aliphatic heterocycles. The Hall–Kier alpha value is 0.180. The van der Waals surface area contributed by atoms with Crippen LogP contribution in [0.25, 0.3) is 10.6 Å². The summed E-state index contributed by atoms with van der Waals surface area (Å²) in [5.74, 6) is 0. The van der Waals surface area contributed by atoms with Crippen molar-refractivity contribution in [2.45, 2.75) is 25.3 Å². The molecule has 0 aromatic carbocycles. The van der Waals surface area contributed by atoms with Gasteiger partial charge in [-0.1, -0.05) is 11.3 Å². The Morgan fingerprint density at radius 3 is 2.78 bits per heavy atom. The fraction of sp³-hybridized carbons (Fsp3) is 0.455. The fourth-order valence-corrected chi connectivity index (χ4v) is 5.48.